The standard InChI is InChI=1S/C21H28N2O7S/c1-14(15-7-9-17(27-2)19(11-15)29-4)22-21(24)13-23(31(6,25)26)16-8-10-18(28-3)20(12-16)30-5/h7-12,14H,13H2,1-6H3,(H,22,24)/t14-/m1/s1. The maximum absolute atomic E-state index is 12.7. The SMILES string of the molecule is COc1ccc([C@@H](C)NC(=O)CN(c2ccc(OC)c(OC)c2)S(C)(=O)=O)cc1OC. The molecule has 1 N–H and O–H groups in total. The molecule has 2 rings (SSSR count). The molecule has 2 aromatic carbocycles. The van der Waals surface area contributed by atoms with Crippen molar-refractivity contribution in [2.45, 2.75) is 13.0 Å². The lowest BCUT2D eigenvalue weighted by Crippen LogP contribution is -2.41. The Kier molecular flexibility index (Phi) is 7.98. The highest BCUT2D eigenvalue weighted by Gasteiger charge is 2.23. The summed E-state index contributed by atoms with van der Waals surface area (Å²) >= 11 is 0. The van der Waals surface area contributed by atoms with Crippen molar-refractivity contribution in [3.8, 4) is 23.0 Å². The third-order valence-electron chi connectivity index (χ3n) is 4.63. The van der Waals surface area contributed by atoms with Crippen molar-refractivity contribution in [3.63, 3.8) is 0 Å². The van der Waals surface area contributed by atoms with E-state index in [4.69, 9.17) is 18.9 Å². The van der Waals surface area contributed by atoms with E-state index in [9.17, 15) is 13.2 Å². The molecule has 1 amide bonds. The largest absolute Gasteiger partial charge is 0.493 e. The number of nitrogens with one attached hydrogen (secondary N) is 1. The molecule has 1 atom stereocenters. The maximum Gasteiger partial charge on any atom is 0.241 e. The van der Waals surface area contributed by atoms with E-state index >= 15 is 0 Å². The zero-order valence-electron chi connectivity index (χ0n) is 18.5. The monoisotopic (exact) mass is 452 g/mol. The fourth-order valence-electron chi connectivity index (χ4n) is 3.00. The number of amides is 1. The van der Waals surface area contributed by atoms with E-state index in [1.165, 1.54) is 34.5 Å². The quantitative estimate of drug-likeness (QED) is 0.590. The van der Waals surface area contributed by atoms with Gasteiger partial charge in [-0.15, -0.1) is 0 Å². The van der Waals surface area contributed by atoms with Gasteiger partial charge in [0.15, 0.2) is 23.0 Å². The molecule has 9 nitrogen and oxygen atoms in total. The molecule has 0 spiro atoms. The van der Waals surface area contributed by atoms with Gasteiger partial charge in [-0.25, -0.2) is 8.42 Å². The summed E-state index contributed by atoms with van der Waals surface area (Å²) < 4.78 is 46.7. The van der Waals surface area contributed by atoms with Crippen LogP contribution in [0.1, 0.15) is 18.5 Å². The molecular formula is C21H28N2O7S. The molecule has 0 saturated heterocycles. The van der Waals surface area contributed by atoms with Crippen LogP contribution in [-0.2, 0) is 14.8 Å². The average Bonchev–Trinajstić information content (AvgIpc) is 2.75. The van der Waals surface area contributed by atoms with E-state index < -0.39 is 22.5 Å². The number of ether oxygens (including phenoxy) is 4. The second kappa shape index (κ2) is 10.3. The number of carbonyl (C=O) groups excluding carboxylic acids is 1. The van der Waals surface area contributed by atoms with Gasteiger partial charge in [0.25, 0.3) is 0 Å². The highest BCUT2D eigenvalue weighted by Crippen LogP contribution is 2.33. The number of nitrogens with zero attached hydrogens (tertiary/aromatic N) is 1. The van der Waals surface area contributed by atoms with Crippen molar-refractivity contribution >= 4 is 21.6 Å². The van der Waals surface area contributed by atoms with Crippen LogP contribution in [0.4, 0.5) is 5.69 Å². The summed E-state index contributed by atoms with van der Waals surface area (Å²) in [7, 11) is 2.26. The Balaban J connectivity index is 2.22. The van der Waals surface area contributed by atoms with Gasteiger partial charge in [0.05, 0.1) is 46.4 Å². The predicted octanol–water partition coefficient (Wildman–Crippen LogP) is 2.36. The van der Waals surface area contributed by atoms with E-state index in [-0.39, 0.29) is 11.7 Å². The fraction of sp³-hybridized carbons (Fsp3) is 0.381. The molecule has 170 valence electrons. The van der Waals surface area contributed by atoms with Gasteiger partial charge in [-0.3, -0.25) is 9.10 Å². The number of methoxy groups -OCH3 is 4. The third-order valence-corrected chi connectivity index (χ3v) is 5.77. The van der Waals surface area contributed by atoms with Gasteiger partial charge < -0.3 is 24.3 Å². The molecule has 0 aliphatic heterocycles. The number of anilines is 1. The second-order valence-electron chi connectivity index (χ2n) is 6.71. The molecular weight excluding hydrogens is 424 g/mol. The molecule has 0 unspecified atom stereocenters. The minimum Gasteiger partial charge on any atom is -0.493 e. The van der Waals surface area contributed by atoms with Crippen LogP contribution in [0, 0.1) is 0 Å². The van der Waals surface area contributed by atoms with Crippen LogP contribution >= 0.6 is 0 Å². The van der Waals surface area contributed by atoms with Crippen molar-refractivity contribution < 1.29 is 32.2 Å². The van der Waals surface area contributed by atoms with E-state index in [2.05, 4.69) is 5.32 Å². The number of hydrogen-bond donors (Lipinski definition) is 1. The first kappa shape index (κ1) is 24.1. The summed E-state index contributed by atoms with van der Waals surface area (Å²) in [6, 6.07) is 9.54. The van der Waals surface area contributed by atoms with E-state index in [1.807, 2.05) is 0 Å². The Morgan fingerprint density at radius 2 is 1.42 bits per heavy atom. The van der Waals surface area contributed by atoms with Crippen molar-refractivity contribution in [3.05, 3.63) is 42.0 Å². The Bertz CT molecular complexity index is 1020. The van der Waals surface area contributed by atoms with Crippen LogP contribution in [0.25, 0.3) is 0 Å². The van der Waals surface area contributed by atoms with Crippen molar-refractivity contribution in [2.24, 2.45) is 0 Å². The number of sulfonamides is 1. The summed E-state index contributed by atoms with van der Waals surface area (Å²) in [6.45, 7) is 1.40. The average molecular weight is 453 g/mol. The van der Waals surface area contributed by atoms with Gasteiger partial charge in [-0.05, 0) is 36.8 Å². The first-order chi connectivity index (χ1) is 14.6. The van der Waals surface area contributed by atoms with Crippen LogP contribution in [0.5, 0.6) is 23.0 Å². The Morgan fingerprint density at radius 1 is 0.903 bits per heavy atom. The summed E-state index contributed by atoms with van der Waals surface area (Å²) in [6.07, 6.45) is 1.04. The minimum absolute atomic E-state index is 0.286. The zero-order valence-corrected chi connectivity index (χ0v) is 19.3. The van der Waals surface area contributed by atoms with Crippen LogP contribution in [-0.4, -0.2) is 55.6 Å². The number of hydrogen-bond acceptors (Lipinski definition) is 7. The van der Waals surface area contributed by atoms with Crippen molar-refractivity contribution in [1.82, 2.24) is 5.32 Å². The molecule has 0 saturated carbocycles. The van der Waals surface area contributed by atoms with Gasteiger partial charge in [0.1, 0.15) is 6.54 Å². The van der Waals surface area contributed by atoms with Gasteiger partial charge in [-0.2, -0.15) is 0 Å². The summed E-state index contributed by atoms with van der Waals surface area (Å²) in [5.74, 6) is 1.44. The highest BCUT2D eigenvalue weighted by atomic mass is 32.2. The third kappa shape index (κ3) is 5.94. The molecule has 0 heterocycles. The van der Waals surface area contributed by atoms with E-state index in [0.29, 0.717) is 23.0 Å². The molecule has 0 aliphatic rings. The molecule has 2 aromatic rings. The fourth-order valence-corrected chi connectivity index (χ4v) is 3.85. The Hall–Kier alpha value is -3.14. The lowest BCUT2D eigenvalue weighted by molar-refractivity contribution is -0.120. The minimum atomic E-state index is -3.74. The van der Waals surface area contributed by atoms with Crippen LogP contribution in [0.2, 0.25) is 0 Å². The molecule has 0 aliphatic carbocycles. The van der Waals surface area contributed by atoms with Gasteiger partial charge in [0, 0.05) is 6.07 Å². The second-order valence-corrected chi connectivity index (χ2v) is 8.62. The molecule has 31 heavy (non-hydrogen) atoms. The van der Waals surface area contributed by atoms with Crippen LogP contribution in [0.3, 0.4) is 0 Å². The molecule has 0 radical (unpaired) electrons. The smallest absolute Gasteiger partial charge is 0.241 e. The van der Waals surface area contributed by atoms with E-state index in [0.717, 1.165) is 16.1 Å². The van der Waals surface area contributed by atoms with Crippen LogP contribution in [0.15, 0.2) is 36.4 Å². The van der Waals surface area contributed by atoms with Crippen molar-refractivity contribution in [2.75, 3.05) is 45.5 Å². The van der Waals surface area contributed by atoms with Gasteiger partial charge in [0.2, 0.25) is 15.9 Å². The normalized spacial score (nSPS) is 11.9. The highest BCUT2D eigenvalue weighted by molar-refractivity contribution is 7.92. The Morgan fingerprint density at radius 3 is 1.94 bits per heavy atom. The zero-order chi connectivity index (χ0) is 23.2. The topological polar surface area (TPSA) is 103 Å². The maximum atomic E-state index is 12.7. The van der Waals surface area contributed by atoms with E-state index in [1.54, 1.807) is 37.3 Å². The van der Waals surface area contributed by atoms with Crippen molar-refractivity contribution in [1.29, 1.82) is 0 Å². The lowest BCUT2D eigenvalue weighted by Gasteiger charge is -2.24. The lowest BCUT2D eigenvalue weighted by atomic mass is 10.1. The number of benzene rings is 2. The molecule has 0 bridgehead atoms. The summed E-state index contributed by atoms with van der Waals surface area (Å²) in [5, 5.41) is 2.81. The van der Waals surface area contributed by atoms with Gasteiger partial charge in [-0.1, -0.05) is 6.07 Å². The number of rotatable bonds is 10. The van der Waals surface area contributed by atoms with Gasteiger partial charge >= 0.3 is 0 Å². The molecule has 10 heteroatoms. The first-order valence-corrected chi connectivity index (χ1v) is 11.2. The molecule has 0 aromatic heterocycles. The summed E-state index contributed by atoms with van der Waals surface area (Å²) in [5.41, 5.74) is 1.07. The predicted molar refractivity (Wildman–Crippen MR) is 118 cm³/mol. The molecule has 0 fully saturated rings. The summed E-state index contributed by atoms with van der Waals surface area (Å²) in [4.78, 5) is 12.7. The first-order valence-electron chi connectivity index (χ1n) is 9.35. The Labute approximate surface area is 182 Å². The van der Waals surface area contributed by atoms with Crippen LogP contribution < -0.4 is 28.6 Å². The number of carbonyl (C=O) groups is 1.